The van der Waals surface area contributed by atoms with Crippen LogP contribution in [0.2, 0.25) is 0 Å². The van der Waals surface area contributed by atoms with Gasteiger partial charge in [0.2, 0.25) is 11.8 Å². The Morgan fingerprint density at radius 1 is 1.39 bits per heavy atom. The zero-order valence-corrected chi connectivity index (χ0v) is 11.1. The lowest BCUT2D eigenvalue weighted by Crippen LogP contribution is -2.63. The number of nitrogens with one attached hydrogen (secondary N) is 1. The maximum absolute atomic E-state index is 12.2. The fourth-order valence-corrected chi connectivity index (χ4v) is 2.58. The summed E-state index contributed by atoms with van der Waals surface area (Å²) in [5, 5.41) is 2.76. The number of carbonyl (C=O) groups is 2. The minimum atomic E-state index is -0.383. The molecule has 5 nitrogen and oxygen atoms in total. The first-order valence-corrected chi connectivity index (χ1v) is 6.86. The zero-order valence-electron chi connectivity index (χ0n) is 11.1. The molecule has 0 saturated carbocycles. The van der Waals surface area contributed by atoms with Gasteiger partial charge < -0.3 is 15.0 Å². The van der Waals surface area contributed by atoms with Crippen molar-refractivity contribution in [3.05, 3.63) is 0 Å². The van der Waals surface area contributed by atoms with Gasteiger partial charge in [-0.3, -0.25) is 9.59 Å². The summed E-state index contributed by atoms with van der Waals surface area (Å²) in [6.07, 6.45) is 3.95. The van der Waals surface area contributed by atoms with Crippen LogP contribution in [0.5, 0.6) is 0 Å². The third kappa shape index (κ3) is 2.66. The van der Waals surface area contributed by atoms with Crippen LogP contribution < -0.4 is 5.32 Å². The van der Waals surface area contributed by atoms with Gasteiger partial charge >= 0.3 is 0 Å². The Balaban J connectivity index is 2.02. The minimum Gasteiger partial charge on any atom is -0.376 e. The highest BCUT2D eigenvalue weighted by Gasteiger charge is 2.38. The predicted molar refractivity (Wildman–Crippen MR) is 67.0 cm³/mol. The highest BCUT2D eigenvalue weighted by atomic mass is 16.5. The molecule has 3 unspecified atom stereocenters. The van der Waals surface area contributed by atoms with Gasteiger partial charge in [-0.1, -0.05) is 6.92 Å². The van der Waals surface area contributed by atoms with E-state index in [0.29, 0.717) is 13.0 Å². The number of ether oxygens (including phenoxy) is 1. The summed E-state index contributed by atoms with van der Waals surface area (Å²) < 4.78 is 5.66. The van der Waals surface area contributed by atoms with Crippen LogP contribution >= 0.6 is 0 Å². The molecular formula is C13H22N2O3. The van der Waals surface area contributed by atoms with E-state index in [2.05, 4.69) is 5.32 Å². The van der Waals surface area contributed by atoms with Crippen LogP contribution in [0.25, 0.3) is 0 Å². The summed E-state index contributed by atoms with van der Waals surface area (Å²) >= 11 is 0. The highest BCUT2D eigenvalue weighted by Crippen LogP contribution is 2.18. The third-order valence-electron chi connectivity index (χ3n) is 3.83. The fraction of sp³-hybridized carbons (Fsp3) is 0.846. The highest BCUT2D eigenvalue weighted by molar-refractivity contribution is 5.96. The first-order valence-electron chi connectivity index (χ1n) is 6.86. The van der Waals surface area contributed by atoms with Gasteiger partial charge in [-0.05, 0) is 32.6 Å². The van der Waals surface area contributed by atoms with E-state index in [-0.39, 0.29) is 30.0 Å². The lowest BCUT2D eigenvalue weighted by Gasteiger charge is -2.39. The van der Waals surface area contributed by atoms with Gasteiger partial charge in [-0.2, -0.15) is 0 Å². The van der Waals surface area contributed by atoms with Gasteiger partial charge in [-0.25, -0.2) is 0 Å². The molecule has 1 N–H and O–H groups in total. The molecule has 2 saturated heterocycles. The van der Waals surface area contributed by atoms with Crippen LogP contribution in [0.3, 0.4) is 0 Å². The molecular weight excluding hydrogens is 232 g/mol. The first kappa shape index (κ1) is 13.3. The van der Waals surface area contributed by atoms with E-state index in [1.165, 1.54) is 0 Å². The van der Waals surface area contributed by atoms with Gasteiger partial charge in [0.05, 0.1) is 6.10 Å². The molecule has 0 spiro atoms. The molecule has 2 aliphatic heterocycles. The number of hydrogen-bond acceptors (Lipinski definition) is 3. The molecule has 0 aromatic heterocycles. The Morgan fingerprint density at radius 2 is 2.17 bits per heavy atom. The largest absolute Gasteiger partial charge is 0.376 e. The van der Waals surface area contributed by atoms with Crippen molar-refractivity contribution in [2.75, 3.05) is 13.2 Å². The number of nitrogens with zero attached hydrogens (tertiary/aromatic N) is 1. The third-order valence-corrected chi connectivity index (χ3v) is 3.83. The van der Waals surface area contributed by atoms with Crippen molar-refractivity contribution < 1.29 is 14.3 Å². The molecule has 2 heterocycles. The average Bonchev–Trinajstić information content (AvgIpc) is 2.40. The van der Waals surface area contributed by atoms with Crippen molar-refractivity contribution in [2.24, 2.45) is 0 Å². The molecule has 0 bridgehead atoms. The van der Waals surface area contributed by atoms with Gasteiger partial charge in [-0.15, -0.1) is 0 Å². The molecule has 0 aromatic rings. The van der Waals surface area contributed by atoms with E-state index in [1.54, 1.807) is 11.8 Å². The molecule has 2 amide bonds. The summed E-state index contributed by atoms with van der Waals surface area (Å²) in [6, 6.07) is -0.747. The Bertz CT molecular complexity index is 326. The fourth-order valence-electron chi connectivity index (χ4n) is 2.58. The van der Waals surface area contributed by atoms with Crippen molar-refractivity contribution in [1.82, 2.24) is 10.2 Å². The summed E-state index contributed by atoms with van der Waals surface area (Å²) in [4.78, 5) is 25.7. The van der Waals surface area contributed by atoms with E-state index >= 15 is 0 Å². The number of amides is 2. The number of hydrogen-bond donors (Lipinski definition) is 1. The molecule has 2 rings (SSSR count). The summed E-state index contributed by atoms with van der Waals surface area (Å²) in [6.45, 7) is 5.00. The Morgan fingerprint density at radius 3 is 2.78 bits per heavy atom. The van der Waals surface area contributed by atoms with Crippen LogP contribution in [0, 0.1) is 0 Å². The quantitative estimate of drug-likeness (QED) is 0.806. The summed E-state index contributed by atoms with van der Waals surface area (Å²) in [7, 11) is 0. The normalized spacial score (nSPS) is 33.4. The van der Waals surface area contributed by atoms with Crippen molar-refractivity contribution >= 4 is 11.8 Å². The minimum absolute atomic E-state index is 0.0266. The van der Waals surface area contributed by atoms with E-state index in [1.807, 2.05) is 6.92 Å². The lowest BCUT2D eigenvalue weighted by molar-refractivity contribution is -0.151. The Labute approximate surface area is 108 Å². The van der Waals surface area contributed by atoms with Crippen molar-refractivity contribution in [3.8, 4) is 0 Å². The van der Waals surface area contributed by atoms with E-state index < -0.39 is 0 Å². The maximum atomic E-state index is 12.2. The standard InChI is InChI=1S/C13H22N2O3/c1-3-11-13(17)15(9(2)12(16)14-11)8-10-6-4-5-7-18-10/h9-11H,3-8H2,1-2H3,(H,14,16). The second-order valence-corrected chi connectivity index (χ2v) is 5.12. The second-order valence-electron chi connectivity index (χ2n) is 5.12. The van der Waals surface area contributed by atoms with E-state index in [9.17, 15) is 9.59 Å². The molecule has 0 radical (unpaired) electrons. The molecule has 18 heavy (non-hydrogen) atoms. The maximum Gasteiger partial charge on any atom is 0.245 e. The van der Waals surface area contributed by atoms with Gasteiger partial charge in [0.1, 0.15) is 12.1 Å². The van der Waals surface area contributed by atoms with Crippen LogP contribution in [0.1, 0.15) is 39.5 Å². The molecule has 2 fully saturated rings. The number of rotatable bonds is 3. The SMILES string of the molecule is CCC1NC(=O)C(C)N(CC2CCCCO2)C1=O. The monoisotopic (exact) mass is 254 g/mol. The van der Waals surface area contributed by atoms with Crippen molar-refractivity contribution in [1.29, 1.82) is 0 Å². The van der Waals surface area contributed by atoms with Gasteiger partial charge in [0, 0.05) is 13.2 Å². The van der Waals surface area contributed by atoms with Crippen molar-refractivity contribution in [2.45, 2.75) is 57.7 Å². The van der Waals surface area contributed by atoms with Crippen LogP contribution in [-0.4, -0.2) is 48.1 Å². The molecule has 102 valence electrons. The molecule has 3 atom stereocenters. The van der Waals surface area contributed by atoms with Gasteiger partial charge in [0.25, 0.3) is 0 Å². The predicted octanol–water partition coefficient (Wildman–Crippen LogP) is 0.681. The van der Waals surface area contributed by atoms with Crippen LogP contribution in [-0.2, 0) is 14.3 Å². The number of carbonyl (C=O) groups excluding carboxylic acids is 2. The number of piperazine rings is 1. The molecule has 2 aliphatic rings. The lowest BCUT2D eigenvalue weighted by atomic mass is 10.0. The average molecular weight is 254 g/mol. The summed E-state index contributed by atoms with van der Waals surface area (Å²) in [5.41, 5.74) is 0. The molecule has 0 aromatic carbocycles. The molecule has 0 aliphatic carbocycles. The Hall–Kier alpha value is -1.10. The van der Waals surface area contributed by atoms with Gasteiger partial charge in [0.15, 0.2) is 0 Å². The smallest absolute Gasteiger partial charge is 0.245 e. The zero-order chi connectivity index (χ0) is 13.1. The van der Waals surface area contributed by atoms with E-state index in [4.69, 9.17) is 4.74 Å². The van der Waals surface area contributed by atoms with Crippen LogP contribution in [0.15, 0.2) is 0 Å². The molecule has 5 heteroatoms. The summed E-state index contributed by atoms with van der Waals surface area (Å²) in [5.74, 6) is -0.0315. The van der Waals surface area contributed by atoms with Crippen LogP contribution in [0.4, 0.5) is 0 Å². The second kappa shape index (κ2) is 5.69. The topological polar surface area (TPSA) is 58.6 Å². The Kier molecular flexibility index (Phi) is 4.22. The van der Waals surface area contributed by atoms with E-state index in [0.717, 1.165) is 25.9 Å². The first-order chi connectivity index (χ1) is 8.63. The van der Waals surface area contributed by atoms with Crippen molar-refractivity contribution in [3.63, 3.8) is 0 Å².